The van der Waals surface area contributed by atoms with Crippen LogP contribution < -0.4 is 10.1 Å². The van der Waals surface area contributed by atoms with Crippen LogP contribution in [0.15, 0.2) is 41.3 Å². The Hall–Kier alpha value is -2.45. The molecule has 0 saturated carbocycles. The SMILES string of the molecule is COc1ccc(C)c(S(=O)(=O)N2CCCC2C(=O)Nc2cc(F)ccc2C)c1. The van der Waals surface area contributed by atoms with E-state index in [9.17, 15) is 17.6 Å². The summed E-state index contributed by atoms with van der Waals surface area (Å²) in [5, 5.41) is 2.67. The van der Waals surface area contributed by atoms with E-state index in [2.05, 4.69) is 5.32 Å². The fourth-order valence-electron chi connectivity index (χ4n) is 3.35. The van der Waals surface area contributed by atoms with Crippen LogP contribution in [0.1, 0.15) is 24.0 Å². The molecule has 1 aliphatic heterocycles. The fourth-order valence-corrected chi connectivity index (χ4v) is 5.24. The third kappa shape index (κ3) is 3.88. The molecule has 3 rings (SSSR count). The number of ether oxygens (including phenoxy) is 1. The van der Waals surface area contributed by atoms with Gasteiger partial charge in [-0.1, -0.05) is 12.1 Å². The highest BCUT2D eigenvalue weighted by molar-refractivity contribution is 7.89. The number of hydrogen-bond donors (Lipinski definition) is 1. The lowest BCUT2D eigenvalue weighted by molar-refractivity contribution is -0.119. The first-order valence-electron chi connectivity index (χ1n) is 8.97. The number of nitrogens with zero attached hydrogens (tertiary/aromatic N) is 1. The van der Waals surface area contributed by atoms with Gasteiger partial charge in [-0.05, 0) is 56.0 Å². The van der Waals surface area contributed by atoms with Crippen molar-refractivity contribution in [3.05, 3.63) is 53.3 Å². The van der Waals surface area contributed by atoms with Gasteiger partial charge >= 0.3 is 0 Å². The van der Waals surface area contributed by atoms with Crippen molar-refractivity contribution in [2.75, 3.05) is 19.0 Å². The Morgan fingerprint density at radius 2 is 1.89 bits per heavy atom. The number of aryl methyl sites for hydroxylation is 2. The van der Waals surface area contributed by atoms with E-state index in [1.54, 1.807) is 32.0 Å². The number of rotatable bonds is 5. The molecule has 0 aliphatic carbocycles. The standard InChI is InChI=1S/C20H23FN2O4S/c1-13-6-8-15(21)11-17(13)22-20(24)18-5-4-10-23(18)28(25,26)19-12-16(27-3)9-7-14(19)2/h6-9,11-12,18H,4-5,10H2,1-3H3,(H,22,24). The van der Waals surface area contributed by atoms with Gasteiger partial charge in [0.1, 0.15) is 17.6 Å². The Labute approximate surface area is 164 Å². The molecule has 1 aliphatic rings. The second-order valence-electron chi connectivity index (χ2n) is 6.85. The summed E-state index contributed by atoms with van der Waals surface area (Å²) < 4.78 is 46.4. The maximum atomic E-state index is 13.5. The van der Waals surface area contributed by atoms with Gasteiger partial charge in [0.25, 0.3) is 0 Å². The molecule has 1 heterocycles. The van der Waals surface area contributed by atoms with Gasteiger partial charge in [-0.2, -0.15) is 4.31 Å². The molecule has 8 heteroatoms. The van der Waals surface area contributed by atoms with E-state index in [0.717, 1.165) is 0 Å². The van der Waals surface area contributed by atoms with Crippen LogP contribution in [0.4, 0.5) is 10.1 Å². The summed E-state index contributed by atoms with van der Waals surface area (Å²) in [4.78, 5) is 12.9. The number of benzene rings is 2. The summed E-state index contributed by atoms with van der Waals surface area (Å²) >= 11 is 0. The minimum absolute atomic E-state index is 0.119. The molecule has 150 valence electrons. The van der Waals surface area contributed by atoms with Crippen molar-refractivity contribution in [2.45, 2.75) is 37.6 Å². The first-order valence-corrected chi connectivity index (χ1v) is 10.4. The zero-order valence-corrected chi connectivity index (χ0v) is 16.8. The number of hydrogen-bond acceptors (Lipinski definition) is 4. The third-order valence-corrected chi connectivity index (χ3v) is 7.00. The van der Waals surface area contributed by atoms with E-state index in [1.165, 1.54) is 29.6 Å². The molecule has 6 nitrogen and oxygen atoms in total. The van der Waals surface area contributed by atoms with Gasteiger partial charge in [0.15, 0.2) is 0 Å². The number of carbonyl (C=O) groups excluding carboxylic acids is 1. The second-order valence-corrected chi connectivity index (χ2v) is 8.71. The maximum Gasteiger partial charge on any atom is 0.244 e. The molecule has 1 unspecified atom stereocenters. The van der Waals surface area contributed by atoms with Crippen molar-refractivity contribution in [1.29, 1.82) is 0 Å². The largest absolute Gasteiger partial charge is 0.497 e. The average Bonchev–Trinajstić information content (AvgIpc) is 3.16. The summed E-state index contributed by atoms with van der Waals surface area (Å²) in [5.74, 6) is -0.501. The molecule has 2 aromatic carbocycles. The quantitative estimate of drug-likeness (QED) is 0.827. The zero-order chi connectivity index (χ0) is 20.5. The molecule has 1 saturated heterocycles. The zero-order valence-electron chi connectivity index (χ0n) is 16.0. The minimum atomic E-state index is -3.89. The highest BCUT2D eigenvalue weighted by Crippen LogP contribution is 2.31. The van der Waals surface area contributed by atoms with Crippen molar-refractivity contribution in [2.24, 2.45) is 0 Å². The lowest BCUT2D eigenvalue weighted by atomic mass is 10.1. The number of anilines is 1. The summed E-state index contributed by atoms with van der Waals surface area (Å²) in [6.07, 6.45) is 0.977. The third-order valence-electron chi connectivity index (χ3n) is 4.95. The van der Waals surface area contributed by atoms with E-state index >= 15 is 0 Å². The van der Waals surface area contributed by atoms with Crippen molar-refractivity contribution in [3.63, 3.8) is 0 Å². The highest BCUT2D eigenvalue weighted by atomic mass is 32.2. The number of sulfonamides is 1. The Balaban J connectivity index is 1.89. The second kappa shape index (κ2) is 7.89. The van der Waals surface area contributed by atoms with Crippen molar-refractivity contribution < 1.29 is 22.3 Å². The average molecular weight is 406 g/mol. The Morgan fingerprint density at radius 1 is 1.18 bits per heavy atom. The van der Waals surface area contributed by atoms with Gasteiger partial charge in [0, 0.05) is 18.3 Å². The molecule has 1 amide bonds. The van der Waals surface area contributed by atoms with Crippen molar-refractivity contribution in [1.82, 2.24) is 4.31 Å². The predicted molar refractivity (Wildman–Crippen MR) is 104 cm³/mol. The van der Waals surface area contributed by atoms with E-state index in [1.807, 2.05) is 0 Å². The van der Waals surface area contributed by atoms with Crippen molar-refractivity contribution in [3.8, 4) is 5.75 Å². The van der Waals surface area contributed by atoms with E-state index < -0.39 is 27.8 Å². The van der Waals surface area contributed by atoms with Crippen LogP contribution in [0.5, 0.6) is 5.75 Å². The Kier molecular flexibility index (Phi) is 5.71. The Morgan fingerprint density at radius 3 is 2.61 bits per heavy atom. The fraction of sp³-hybridized carbons (Fsp3) is 0.350. The number of carbonyl (C=O) groups is 1. The number of methoxy groups -OCH3 is 1. The van der Waals surface area contributed by atoms with E-state index in [-0.39, 0.29) is 11.4 Å². The lowest BCUT2D eigenvalue weighted by Crippen LogP contribution is -2.43. The summed E-state index contributed by atoms with van der Waals surface area (Å²) in [6, 6.07) is 8.08. The van der Waals surface area contributed by atoms with Crippen LogP contribution in [0.3, 0.4) is 0 Å². The van der Waals surface area contributed by atoms with Crippen LogP contribution in [0, 0.1) is 19.7 Å². The van der Waals surface area contributed by atoms with Gasteiger partial charge < -0.3 is 10.1 Å². The summed E-state index contributed by atoms with van der Waals surface area (Å²) in [5.41, 5.74) is 1.62. The monoisotopic (exact) mass is 406 g/mol. The highest BCUT2D eigenvalue weighted by Gasteiger charge is 2.40. The molecule has 0 bridgehead atoms. The van der Waals surface area contributed by atoms with Crippen LogP contribution >= 0.6 is 0 Å². The summed E-state index contributed by atoms with van der Waals surface area (Å²) in [6.45, 7) is 3.70. The van der Waals surface area contributed by atoms with Crippen molar-refractivity contribution >= 4 is 21.6 Å². The smallest absolute Gasteiger partial charge is 0.244 e. The molecule has 1 fully saturated rings. The van der Waals surface area contributed by atoms with Crippen LogP contribution in [-0.4, -0.2) is 38.3 Å². The topological polar surface area (TPSA) is 75.7 Å². The van der Waals surface area contributed by atoms with E-state index in [4.69, 9.17) is 4.74 Å². The molecule has 0 spiro atoms. The van der Waals surface area contributed by atoms with Crippen LogP contribution in [-0.2, 0) is 14.8 Å². The molecule has 1 N–H and O–H groups in total. The molecular weight excluding hydrogens is 383 g/mol. The van der Waals surface area contributed by atoms with Gasteiger partial charge in [0.2, 0.25) is 15.9 Å². The van der Waals surface area contributed by atoms with Crippen LogP contribution in [0.25, 0.3) is 0 Å². The normalized spacial score (nSPS) is 17.5. The van der Waals surface area contributed by atoms with Gasteiger partial charge in [-0.25, -0.2) is 12.8 Å². The van der Waals surface area contributed by atoms with Gasteiger partial charge in [-0.15, -0.1) is 0 Å². The first kappa shape index (κ1) is 20.3. The minimum Gasteiger partial charge on any atom is -0.497 e. The molecule has 1 atom stereocenters. The maximum absolute atomic E-state index is 13.5. The lowest BCUT2D eigenvalue weighted by Gasteiger charge is -2.24. The molecule has 28 heavy (non-hydrogen) atoms. The van der Waals surface area contributed by atoms with Crippen LogP contribution in [0.2, 0.25) is 0 Å². The molecular formula is C20H23FN2O4S. The van der Waals surface area contributed by atoms with Gasteiger partial charge in [0.05, 0.1) is 12.0 Å². The molecule has 2 aromatic rings. The predicted octanol–water partition coefficient (Wildman–Crippen LogP) is 3.24. The first-order chi connectivity index (χ1) is 13.2. The van der Waals surface area contributed by atoms with Gasteiger partial charge in [-0.3, -0.25) is 4.79 Å². The van der Waals surface area contributed by atoms with E-state index in [0.29, 0.717) is 35.4 Å². The molecule has 0 aromatic heterocycles. The molecule has 0 radical (unpaired) electrons. The number of nitrogens with one attached hydrogen (secondary N) is 1. The summed E-state index contributed by atoms with van der Waals surface area (Å²) in [7, 11) is -2.42. The Bertz CT molecular complexity index is 1010. The number of amides is 1. The number of halogens is 1.